The fourth-order valence-electron chi connectivity index (χ4n) is 3.98. The summed E-state index contributed by atoms with van der Waals surface area (Å²) >= 11 is 0. The van der Waals surface area contributed by atoms with Crippen molar-refractivity contribution in [3.63, 3.8) is 0 Å². The molecule has 3 rings (SSSR count). The van der Waals surface area contributed by atoms with E-state index in [-0.39, 0.29) is 12.5 Å². The number of methoxy groups -OCH3 is 2. The second-order valence-corrected chi connectivity index (χ2v) is 11.2. The maximum absolute atomic E-state index is 13.7. The zero-order valence-electron chi connectivity index (χ0n) is 22.7. The molecular weight excluding hydrogens is 518 g/mol. The van der Waals surface area contributed by atoms with E-state index in [0.29, 0.717) is 24.3 Å². The van der Waals surface area contributed by atoms with Gasteiger partial charge in [-0.3, -0.25) is 9.59 Å². The molecule has 0 fully saturated rings. The van der Waals surface area contributed by atoms with Crippen LogP contribution in [0.15, 0.2) is 78.9 Å². The van der Waals surface area contributed by atoms with Crippen LogP contribution in [-0.2, 0) is 32.6 Å². The van der Waals surface area contributed by atoms with Crippen LogP contribution in [0.2, 0.25) is 0 Å². The normalized spacial score (nSPS) is 12.0. The number of sulfonamides is 1. The molecule has 0 aliphatic heterocycles. The first-order valence-electron chi connectivity index (χ1n) is 12.4. The molecule has 10 heteroatoms. The molecular formula is C29H35N3O6S. The van der Waals surface area contributed by atoms with Crippen LogP contribution >= 0.6 is 0 Å². The average molecular weight is 554 g/mol. The molecule has 0 spiro atoms. The monoisotopic (exact) mass is 553 g/mol. The highest BCUT2D eigenvalue weighted by atomic mass is 32.2. The van der Waals surface area contributed by atoms with Crippen molar-refractivity contribution in [3.8, 4) is 11.5 Å². The predicted molar refractivity (Wildman–Crippen MR) is 150 cm³/mol. The van der Waals surface area contributed by atoms with Crippen LogP contribution < -0.4 is 14.8 Å². The summed E-state index contributed by atoms with van der Waals surface area (Å²) in [6.07, 6.45) is 1.62. The zero-order valence-corrected chi connectivity index (χ0v) is 23.5. The first kappa shape index (κ1) is 29.7. The number of hydrogen-bond donors (Lipinski definition) is 1. The molecule has 2 amide bonds. The van der Waals surface area contributed by atoms with Crippen LogP contribution in [0.4, 0.5) is 0 Å². The van der Waals surface area contributed by atoms with Gasteiger partial charge >= 0.3 is 0 Å². The Hall–Kier alpha value is -3.89. The van der Waals surface area contributed by atoms with E-state index in [1.807, 2.05) is 42.5 Å². The summed E-state index contributed by atoms with van der Waals surface area (Å²) in [5, 5.41) is 2.97. The SMILES string of the molecule is COc1ccc(CCNC(=O)[C@H](c2ccccc2)N(Cc2ccc(OC)cc2)C(=O)CN(C)S(C)(=O)=O)cc1. The molecule has 3 aromatic rings. The summed E-state index contributed by atoms with van der Waals surface area (Å²) in [5.41, 5.74) is 2.40. The van der Waals surface area contributed by atoms with Gasteiger partial charge in [0.1, 0.15) is 17.5 Å². The molecule has 0 aliphatic rings. The van der Waals surface area contributed by atoms with Gasteiger partial charge in [0.2, 0.25) is 21.8 Å². The minimum atomic E-state index is -3.61. The highest BCUT2D eigenvalue weighted by Gasteiger charge is 2.32. The Morgan fingerprint density at radius 1 is 0.846 bits per heavy atom. The molecule has 9 nitrogen and oxygen atoms in total. The molecule has 1 atom stereocenters. The Bertz CT molecular complexity index is 1330. The van der Waals surface area contributed by atoms with Crippen molar-refractivity contribution in [2.24, 2.45) is 0 Å². The standard InChI is InChI=1S/C29H35N3O6S/c1-31(39(4,35)36)21-27(33)32(20-23-12-16-26(38-3)17-13-23)28(24-8-6-5-7-9-24)29(34)30-19-18-22-10-14-25(37-2)15-11-22/h5-17,28H,18-21H2,1-4H3,(H,30,34)/t28-/m0/s1. The van der Waals surface area contributed by atoms with Gasteiger partial charge in [-0.2, -0.15) is 4.31 Å². The Morgan fingerprint density at radius 2 is 1.38 bits per heavy atom. The number of likely N-dealkylation sites (N-methyl/N-ethyl adjacent to an activating group) is 1. The van der Waals surface area contributed by atoms with Crippen molar-refractivity contribution in [2.45, 2.75) is 19.0 Å². The maximum atomic E-state index is 13.7. The molecule has 0 unspecified atom stereocenters. The molecule has 0 aromatic heterocycles. The van der Waals surface area contributed by atoms with Crippen LogP contribution in [0.3, 0.4) is 0 Å². The van der Waals surface area contributed by atoms with Crippen LogP contribution in [0.5, 0.6) is 11.5 Å². The zero-order chi connectivity index (χ0) is 28.4. The number of hydrogen-bond acceptors (Lipinski definition) is 6. The van der Waals surface area contributed by atoms with E-state index in [1.165, 1.54) is 11.9 Å². The number of nitrogens with one attached hydrogen (secondary N) is 1. The first-order chi connectivity index (χ1) is 18.6. The Labute approximate surface area is 230 Å². The Kier molecular flexibility index (Phi) is 10.5. The molecule has 0 radical (unpaired) electrons. The number of carbonyl (C=O) groups excluding carboxylic acids is 2. The molecule has 208 valence electrons. The molecule has 0 bridgehead atoms. The molecule has 1 N–H and O–H groups in total. The molecule has 3 aromatic carbocycles. The topological polar surface area (TPSA) is 105 Å². The fourth-order valence-corrected chi connectivity index (χ4v) is 4.32. The smallest absolute Gasteiger partial charge is 0.247 e. The largest absolute Gasteiger partial charge is 0.497 e. The molecule has 0 aliphatic carbocycles. The summed E-state index contributed by atoms with van der Waals surface area (Å²) in [6.45, 7) is 0.0334. The second-order valence-electron chi connectivity index (χ2n) is 9.09. The maximum Gasteiger partial charge on any atom is 0.247 e. The third-order valence-corrected chi connectivity index (χ3v) is 7.57. The van der Waals surface area contributed by atoms with E-state index in [4.69, 9.17) is 9.47 Å². The lowest BCUT2D eigenvalue weighted by atomic mass is 10.0. The van der Waals surface area contributed by atoms with E-state index in [2.05, 4.69) is 5.32 Å². The summed E-state index contributed by atoms with van der Waals surface area (Å²) in [7, 11) is 0.890. The van der Waals surface area contributed by atoms with Gasteiger partial charge in [0.05, 0.1) is 27.0 Å². The quantitative estimate of drug-likeness (QED) is 0.349. The molecule has 0 heterocycles. The van der Waals surface area contributed by atoms with E-state index < -0.39 is 28.5 Å². The number of benzene rings is 3. The van der Waals surface area contributed by atoms with Gasteiger partial charge in [0, 0.05) is 20.1 Å². The lowest BCUT2D eigenvalue weighted by molar-refractivity contribution is -0.141. The van der Waals surface area contributed by atoms with Crippen LogP contribution in [0.1, 0.15) is 22.7 Å². The van der Waals surface area contributed by atoms with Gasteiger partial charge in [0.25, 0.3) is 0 Å². The fraction of sp³-hybridized carbons (Fsp3) is 0.310. The minimum absolute atomic E-state index is 0.0892. The number of nitrogens with zero attached hydrogens (tertiary/aromatic N) is 2. The van der Waals surface area contributed by atoms with Crippen LogP contribution in [0.25, 0.3) is 0 Å². The summed E-state index contributed by atoms with van der Waals surface area (Å²) < 4.78 is 35.5. The lowest BCUT2D eigenvalue weighted by Crippen LogP contribution is -2.47. The molecule has 0 saturated carbocycles. The highest BCUT2D eigenvalue weighted by Crippen LogP contribution is 2.25. The number of rotatable bonds is 13. The Balaban J connectivity index is 1.89. The second kappa shape index (κ2) is 13.8. The van der Waals surface area contributed by atoms with Crippen molar-refractivity contribution in [3.05, 3.63) is 95.6 Å². The summed E-state index contributed by atoms with van der Waals surface area (Å²) in [5.74, 6) is 0.541. The van der Waals surface area contributed by atoms with Crippen molar-refractivity contribution in [1.82, 2.24) is 14.5 Å². The van der Waals surface area contributed by atoms with Gasteiger partial charge in [-0.15, -0.1) is 0 Å². The van der Waals surface area contributed by atoms with Crippen molar-refractivity contribution in [2.75, 3.05) is 40.6 Å². The number of amides is 2. The van der Waals surface area contributed by atoms with E-state index >= 15 is 0 Å². The van der Waals surface area contributed by atoms with Gasteiger partial charge < -0.3 is 19.7 Å². The number of ether oxygens (including phenoxy) is 2. The van der Waals surface area contributed by atoms with Crippen LogP contribution in [0, 0.1) is 0 Å². The molecule has 39 heavy (non-hydrogen) atoms. The van der Waals surface area contributed by atoms with Gasteiger partial charge in [-0.1, -0.05) is 54.6 Å². The van der Waals surface area contributed by atoms with E-state index in [1.54, 1.807) is 50.6 Å². The highest BCUT2D eigenvalue weighted by molar-refractivity contribution is 7.88. The van der Waals surface area contributed by atoms with E-state index in [0.717, 1.165) is 27.4 Å². The first-order valence-corrected chi connectivity index (χ1v) is 14.3. The third-order valence-electron chi connectivity index (χ3n) is 6.30. The minimum Gasteiger partial charge on any atom is -0.497 e. The molecule has 0 saturated heterocycles. The van der Waals surface area contributed by atoms with Crippen molar-refractivity contribution < 1.29 is 27.5 Å². The van der Waals surface area contributed by atoms with E-state index in [9.17, 15) is 18.0 Å². The number of carbonyl (C=O) groups is 2. The van der Waals surface area contributed by atoms with Gasteiger partial charge in [-0.25, -0.2) is 8.42 Å². The van der Waals surface area contributed by atoms with Crippen molar-refractivity contribution >= 4 is 21.8 Å². The lowest BCUT2D eigenvalue weighted by Gasteiger charge is -2.32. The summed E-state index contributed by atoms with van der Waals surface area (Å²) in [6, 6.07) is 22.7. The predicted octanol–water partition coefficient (Wildman–Crippen LogP) is 3.02. The van der Waals surface area contributed by atoms with Gasteiger partial charge in [-0.05, 0) is 47.4 Å². The third kappa shape index (κ3) is 8.56. The van der Waals surface area contributed by atoms with Gasteiger partial charge in [0.15, 0.2) is 0 Å². The van der Waals surface area contributed by atoms with Crippen molar-refractivity contribution in [1.29, 1.82) is 0 Å². The Morgan fingerprint density at radius 3 is 1.90 bits per heavy atom. The summed E-state index contributed by atoms with van der Waals surface area (Å²) in [4.78, 5) is 28.7. The average Bonchev–Trinajstić information content (AvgIpc) is 2.93. The van der Waals surface area contributed by atoms with Crippen LogP contribution in [-0.4, -0.2) is 70.0 Å².